The van der Waals surface area contributed by atoms with Crippen LogP contribution in [0.1, 0.15) is 153 Å². The number of rotatable bonds is 29. The van der Waals surface area contributed by atoms with Crippen LogP contribution in [0.3, 0.4) is 0 Å². The largest absolute Gasteiger partial charge is 0.353 e. The lowest BCUT2D eigenvalue weighted by atomic mass is 10.1. The Labute approximate surface area is 315 Å². The third kappa shape index (κ3) is 15.3. The Morgan fingerprint density at radius 3 is 1.31 bits per heavy atom. The van der Waals surface area contributed by atoms with Gasteiger partial charge in [0.05, 0.1) is 6.16 Å². The molecule has 0 saturated heterocycles. The van der Waals surface area contributed by atoms with Crippen LogP contribution in [0.2, 0.25) is 0 Å². The number of ether oxygens (including phenoxy) is 2. The average Bonchev–Trinajstić information content (AvgIpc) is 3.14. The number of aryl methyl sites for hydroxylation is 3. The number of hydrogen-bond acceptors (Lipinski definition) is 2. The van der Waals surface area contributed by atoms with Gasteiger partial charge in [0.2, 0.25) is 0 Å². The molecule has 0 N–H and O–H groups in total. The van der Waals surface area contributed by atoms with Crippen LogP contribution in [0.15, 0.2) is 84.9 Å². The molecule has 0 spiro atoms. The van der Waals surface area contributed by atoms with E-state index >= 15 is 0 Å². The van der Waals surface area contributed by atoms with Crippen molar-refractivity contribution in [1.29, 1.82) is 0 Å². The van der Waals surface area contributed by atoms with Gasteiger partial charge in [0.25, 0.3) is 0 Å². The topological polar surface area (TPSA) is 18.5 Å². The summed E-state index contributed by atoms with van der Waals surface area (Å²) in [5.74, 6) is 0. The first kappa shape index (κ1) is 43.2. The summed E-state index contributed by atoms with van der Waals surface area (Å²) in [4.78, 5) is 0. The SMILES string of the molecule is CCCCCCCCOC(CCCCC/C=C\CCC[P+](c1ccccc1C)(c1ccccc1C)c1ccccc1C)OCCCCCCCC. The summed E-state index contributed by atoms with van der Waals surface area (Å²) in [7, 11) is -1.84. The van der Waals surface area contributed by atoms with Gasteiger partial charge in [-0.3, -0.25) is 0 Å². The molecule has 0 bridgehead atoms. The number of allylic oxidation sites excluding steroid dienone is 2. The van der Waals surface area contributed by atoms with E-state index in [1.54, 1.807) is 15.9 Å². The van der Waals surface area contributed by atoms with Crippen LogP contribution >= 0.6 is 7.26 Å². The molecule has 0 heterocycles. The van der Waals surface area contributed by atoms with Crippen molar-refractivity contribution in [2.75, 3.05) is 19.4 Å². The first-order chi connectivity index (χ1) is 25.0. The van der Waals surface area contributed by atoms with E-state index in [2.05, 4.69) is 120 Å². The molecule has 3 heteroatoms. The van der Waals surface area contributed by atoms with Crippen LogP contribution in [-0.4, -0.2) is 25.7 Å². The summed E-state index contributed by atoms with van der Waals surface area (Å²) in [5.41, 5.74) is 4.24. The van der Waals surface area contributed by atoms with Crippen LogP contribution in [-0.2, 0) is 9.47 Å². The Morgan fingerprint density at radius 2 is 0.863 bits per heavy atom. The van der Waals surface area contributed by atoms with Crippen molar-refractivity contribution in [3.8, 4) is 0 Å². The van der Waals surface area contributed by atoms with Crippen LogP contribution in [0.4, 0.5) is 0 Å². The molecule has 0 amide bonds. The minimum atomic E-state index is -1.84. The summed E-state index contributed by atoms with van der Waals surface area (Å²) in [6.07, 6.45) is 29.8. The molecule has 0 aliphatic heterocycles. The smallest absolute Gasteiger partial charge is 0.157 e. The minimum absolute atomic E-state index is 0.0230. The summed E-state index contributed by atoms with van der Waals surface area (Å²) < 4.78 is 12.6. The highest BCUT2D eigenvalue weighted by atomic mass is 31.2. The third-order valence-corrected chi connectivity index (χ3v) is 15.5. The van der Waals surface area contributed by atoms with Gasteiger partial charge < -0.3 is 9.47 Å². The van der Waals surface area contributed by atoms with Crippen molar-refractivity contribution in [3.63, 3.8) is 0 Å². The number of benzene rings is 3. The van der Waals surface area contributed by atoms with E-state index in [-0.39, 0.29) is 6.29 Å². The van der Waals surface area contributed by atoms with E-state index in [1.165, 1.54) is 113 Å². The van der Waals surface area contributed by atoms with Gasteiger partial charge in [-0.25, -0.2) is 0 Å². The highest BCUT2D eigenvalue weighted by molar-refractivity contribution is 7.96. The molecule has 0 aliphatic carbocycles. The van der Waals surface area contributed by atoms with Crippen molar-refractivity contribution >= 4 is 23.2 Å². The van der Waals surface area contributed by atoms with Crippen molar-refractivity contribution in [3.05, 3.63) is 102 Å². The Bertz CT molecular complexity index is 1220. The predicted octanol–water partition coefficient (Wildman–Crippen LogP) is 13.3. The Hall–Kier alpha value is -2.25. The van der Waals surface area contributed by atoms with Crippen molar-refractivity contribution < 1.29 is 9.47 Å². The minimum Gasteiger partial charge on any atom is -0.353 e. The van der Waals surface area contributed by atoms with Crippen molar-refractivity contribution in [1.82, 2.24) is 0 Å². The Kier molecular flexibility index (Phi) is 22.4. The normalized spacial score (nSPS) is 12.0. The lowest BCUT2D eigenvalue weighted by molar-refractivity contribution is -0.148. The molecule has 0 atom stereocenters. The van der Waals surface area contributed by atoms with Crippen molar-refractivity contribution in [2.45, 2.75) is 163 Å². The van der Waals surface area contributed by atoms with E-state index in [1.807, 2.05) is 0 Å². The molecule has 0 aliphatic rings. The van der Waals surface area contributed by atoms with Crippen LogP contribution in [0.5, 0.6) is 0 Å². The Balaban J connectivity index is 1.50. The third-order valence-electron chi connectivity index (χ3n) is 10.5. The van der Waals surface area contributed by atoms with Gasteiger partial charge in [-0.05, 0) is 107 Å². The molecule has 51 heavy (non-hydrogen) atoms. The standard InChI is InChI=1S/C48H74O2P/c1-6-8-10-12-19-29-39-49-48(50-40-30-20-13-11-9-7-2)38-22-18-16-14-15-17-21-31-41-51(45-35-26-23-32-42(45)3,46-36-27-24-33-43(46)4)47-37-28-25-34-44(47)5/h15,17,23-28,32-37,48H,6-14,16,18-22,29-31,38-41H2,1-5H3/q+1/b17-15-. The van der Waals surface area contributed by atoms with Gasteiger partial charge in [0.15, 0.2) is 6.29 Å². The molecule has 2 nitrogen and oxygen atoms in total. The lowest BCUT2D eigenvalue weighted by Crippen LogP contribution is -2.37. The highest BCUT2D eigenvalue weighted by Crippen LogP contribution is 2.58. The quantitative estimate of drug-likeness (QED) is 0.0309. The van der Waals surface area contributed by atoms with Crippen molar-refractivity contribution in [2.24, 2.45) is 0 Å². The summed E-state index contributed by atoms with van der Waals surface area (Å²) in [5, 5.41) is 4.63. The van der Waals surface area contributed by atoms with E-state index in [9.17, 15) is 0 Å². The molecular formula is C48H74O2P+. The molecule has 3 rings (SSSR count). The van der Waals surface area contributed by atoms with E-state index < -0.39 is 7.26 Å². The summed E-state index contributed by atoms with van der Waals surface area (Å²) >= 11 is 0. The maximum absolute atomic E-state index is 6.28. The first-order valence-corrected chi connectivity index (χ1v) is 23.0. The second-order valence-corrected chi connectivity index (χ2v) is 18.4. The monoisotopic (exact) mass is 714 g/mol. The van der Waals surface area contributed by atoms with Crippen LogP contribution in [0.25, 0.3) is 0 Å². The lowest BCUT2D eigenvalue weighted by Gasteiger charge is -2.31. The highest BCUT2D eigenvalue weighted by Gasteiger charge is 2.47. The molecule has 0 unspecified atom stereocenters. The van der Waals surface area contributed by atoms with Gasteiger partial charge in [-0.2, -0.15) is 0 Å². The molecule has 282 valence electrons. The zero-order valence-corrected chi connectivity index (χ0v) is 34.4. The second-order valence-electron chi connectivity index (χ2n) is 14.9. The fourth-order valence-corrected chi connectivity index (χ4v) is 12.8. The molecule has 0 aromatic heterocycles. The fraction of sp³-hybridized carbons (Fsp3) is 0.583. The van der Waals surface area contributed by atoms with Gasteiger partial charge in [-0.1, -0.05) is 151 Å². The van der Waals surface area contributed by atoms with E-state index in [4.69, 9.17) is 9.47 Å². The zero-order valence-electron chi connectivity index (χ0n) is 33.5. The molecule has 0 saturated carbocycles. The zero-order chi connectivity index (χ0) is 36.4. The second kappa shape index (κ2) is 26.5. The predicted molar refractivity (Wildman–Crippen MR) is 228 cm³/mol. The molecule has 0 radical (unpaired) electrons. The first-order valence-electron chi connectivity index (χ1n) is 21.0. The number of hydrogen-bond donors (Lipinski definition) is 0. The van der Waals surface area contributed by atoms with Gasteiger partial charge in [-0.15, -0.1) is 0 Å². The van der Waals surface area contributed by atoms with Gasteiger partial charge in [0.1, 0.15) is 23.2 Å². The van der Waals surface area contributed by atoms with Crippen LogP contribution < -0.4 is 15.9 Å². The summed E-state index contributed by atoms with van der Waals surface area (Å²) in [6, 6.07) is 27.5. The average molecular weight is 714 g/mol. The fourth-order valence-electron chi connectivity index (χ4n) is 7.57. The molecule has 3 aromatic carbocycles. The van der Waals surface area contributed by atoms with Gasteiger partial charge >= 0.3 is 0 Å². The summed E-state index contributed by atoms with van der Waals surface area (Å²) in [6.45, 7) is 13.2. The Morgan fingerprint density at radius 1 is 0.471 bits per heavy atom. The maximum atomic E-state index is 6.28. The maximum Gasteiger partial charge on any atom is 0.157 e. The van der Waals surface area contributed by atoms with Crippen LogP contribution in [0, 0.1) is 20.8 Å². The van der Waals surface area contributed by atoms with E-state index in [0.717, 1.165) is 45.3 Å². The molecule has 3 aromatic rings. The number of unbranched alkanes of at least 4 members (excludes halogenated alkanes) is 14. The van der Waals surface area contributed by atoms with E-state index in [0.29, 0.717) is 0 Å². The molecular weight excluding hydrogens is 640 g/mol. The van der Waals surface area contributed by atoms with Gasteiger partial charge in [0, 0.05) is 13.2 Å². The molecule has 0 fully saturated rings.